The number of hydrogen-bond acceptors (Lipinski definition) is 4. The van der Waals surface area contributed by atoms with Crippen molar-refractivity contribution < 1.29 is 4.79 Å². The van der Waals surface area contributed by atoms with E-state index in [9.17, 15) is 4.79 Å². The number of carbonyl (C=O) groups excluding carboxylic acids is 1. The number of likely N-dealkylation sites (N-methyl/N-ethyl adjacent to an activating group) is 1. The van der Waals surface area contributed by atoms with Crippen LogP contribution < -0.4 is 10.6 Å². The number of guanidine groups is 1. The molecule has 28 heavy (non-hydrogen) atoms. The van der Waals surface area contributed by atoms with Gasteiger partial charge in [0.25, 0.3) is 0 Å². The van der Waals surface area contributed by atoms with Crippen molar-refractivity contribution in [2.24, 2.45) is 10.9 Å². The van der Waals surface area contributed by atoms with Gasteiger partial charge in [-0.05, 0) is 56.9 Å². The van der Waals surface area contributed by atoms with E-state index < -0.39 is 0 Å². The molecule has 0 aromatic carbocycles. The lowest BCUT2D eigenvalue weighted by Crippen LogP contribution is -2.44. The molecule has 7 heteroatoms. The first-order chi connectivity index (χ1) is 13.6. The average Bonchev–Trinajstić information content (AvgIpc) is 2.73. The normalized spacial score (nSPS) is 16.0. The average molecular weight is 389 g/mol. The second kappa shape index (κ2) is 12.3. The summed E-state index contributed by atoms with van der Waals surface area (Å²) in [6, 6.07) is 5.84. The number of hydrogen-bond donors (Lipinski definition) is 2. The van der Waals surface area contributed by atoms with Gasteiger partial charge >= 0.3 is 0 Å². The fourth-order valence-corrected chi connectivity index (χ4v) is 3.26. The molecule has 1 amide bonds. The first kappa shape index (κ1) is 22.1. The van der Waals surface area contributed by atoms with Crippen molar-refractivity contribution in [2.75, 3.05) is 53.4 Å². The summed E-state index contributed by atoms with van der Waals surface area (Å²) in [5.74, 6) is 1.59. The molecule has 7 nitrogen and oxygen atoms in total. The summed E-state index contributed by atoms with van der Waals surface area (Å²) in [6.45, 7) is 7.63. The molecule has 0 spiro atoms. The van der Waals surface area contributed by atoms with Crippen molar-refractivity contribution in [3.8, 4) is 0 Å². The lowest BCUT2D eigenvalue weighted by Gasteiger charge is -2.30. The molecule has 156 valence electrons. The quantitative estimate of drug-likeness (QED) is 0.380. The SMILES string of the molecule is CN=C(NCCCN1CCC(C)CC1)NCC(=O)N(C)CCc1ccccn1. The van der Waals surface area contributed by atoms with Crippen LogP contribution in [0.4, 0.5) is 0 Å². The fourth-order valence-electron chi connectivity index (χ4n) is 3.26. The Morgan fingerprint density at radius 3 is 2.79 bits per heavy atom. The van der Waals surface area contributed by atoms with Crippen molar-refractivity contribution in [3.05, 3.63) is 30.1 Å². The van der Waals surface area contributed by atoms with Crippen LogP contribution in [-0.2, 0) is 11.2 Å². The number of aromatic nitrogens is 1. The fraction of sp³-hybridized carbons (Fsp3) is 0.667. The van der Waals surface area contributed by atoms with E-state index in [0.717, 1.165) is 37.5 Å². The topological polar surface area (TPSA) is 72.9 Å². The number of amides is 1. The molecule has 1 aromatic rings. The molecular formula is C21H36N6O. The van der Waals surface area contributed by atoms with Gasteiger partial charge in [0.1, 0.15) is 0 Å². The van der Waals surface area contributed by atoms with E-state index in [0.29, 0.717) is 12.5 Å². The maximum Gasteiger partial charge on any atom is 0.241 e. The Hall–Kier alpha value is -2.15. The minimum Gasteiger partial charge on any atom is -0.356 e. The lowest BCUT2D eigenvalue weighted by atomic mass is 9.99. The molecule has 0 saturated carbocycles. The number of pyridine rings is 1. The Bertz CT molecular complexity index is 598. The van der Waals surface area contributed by atoms with E-state index >= 15 is 0 Å². The number of rotatable bonds is 9. The summed E-state index contributed by atoms with van der Waals surface area (Å²) < 4.78 is 0. The number of nitrogens with one attached hydrogen (secondary N) is 2. The lowest BCUT2D eigenvalue weighted by molar-refractivity contribution is -0.128. The smallest absolute Gasteiger partial charge is 0.241 e. The Kier molecular flexibility index (Phi) is 9.76. The summed E-state index contributed by atoms with van der Waals surface area (Å²) in [4.78, 5) is 25.1. The third-order valence-corrected chi connectivity index (χ3v) is 5.31. The van der Waals surface area contributed by atoms with Gasteiger partial charge in [0.15, 0.2) is 5.96 Å². The monoisotopic (exact) mass is 388 g/mol. The molecular weight excluding hydrogens is 352 g/mol. The molecule has 2 heterocycles. The Morgan fingerprint density at radius 2 is 2.11 bits per heavy atom. The highest BCUT2D eigenvalue weighted by Crippen LogP contribution is 2.15. The number of nitrogens with zero attached hydrogens (tertiary/aromatic N) is 4. The Morgan fingerprint density at radius 1 is 1.32 bits per heavy atom. The van der Waals surface area contributed by atoms with E-state index in [1.807, 2.05) is 25.2 Å². The van der Waals surface area contributed by atoms with Gasteiger partial charge in [-0.2, -0.15) is 0 Å². The highest BCUT2D eigenvalue weighted by Gasteiger charge is 2.15. The summed E-state index contributed by atoms with van der Waals surface area (Å²) in [7, 11) is 3.55. The largest absolute Gasteiger partial charge is 0.356 e. The van der Waals surface area contributed by atoms with E-state index in [4.69, 9.17) is 0 Å². The number of aliphatic imine (C=N–C) groups is 1. The van der Waals surface area contributed by atoms with Crippen LogP contribution in [0.15, 0.2) is 29.4 Å². The van der Waals surface area contributed by atoms with Gasteiger partial charge in [-0.1, -0.05) is 13.0 Å². The first-order valence-corrected chi connectivity index (χ1v) is 10.4. The summed E-state index contributed by atoms with van der Waals surface area (Å²) >= 11 is 0. The van der Waals surface area contributed by atoms with Crippen molar-refractivity contribution in [1.29, 1.82) is 0 Å². The molecule has 2 rings (SSSR count). The predicted molar refractivity (Wildman–Crippen MR) is 114 cm³/mol. The molecule has 1 aliphatic heterocycles. The van der Waals surface area contributed by atoms with Gasteiger partial charge in [0, 0.05) is 45.5 Å². The molecule has 1 saturated heterocycles. The van der Waals surface area contributed by atoms with Crippen LogP contribution in [0.3, 0.4) is 0 Å². The zero-order chi connectivity index (χ0) is 20.2. The number of piperidine rings is 1. The molecule has 1 aliphatic rings. The predicted octanol–water partition coefficient (Wildman–Crippen LogP) is 1.37. The van der Waals surface area contributed by atoms with Gasteiger partial charge < -0.3 is 20.4 Å². The molecule has 0 atom stereocenters. The second-order valence-corrected chi connectivity index (χ2v) is 7.62. The molecule has 0 bridgehead atoms. The van der Waals surface area contributed by atoms with E-state index in [2.05, 4.69) is 32.4 Å². The highest BCUT2D eigenvalue weighted by atomic mass is 16.2. The molecule has 1 aromatic heterocycles. The van der Waals surface area contributed by atoms with Gasteiger partial charge in [-0.25, -0.2) is 0 Å². The number of likely N-dealkylation sites (tertiary alicyclic amines) is 1. The maximum atomic E-state index is 12.3. The van der Waals surface area contributed by atoms with Crippen molar-refractivity contribution in [2.45, 2.75) is 32.6 Å². The summed E-state index contributed by atoms with van der Waals surface area (Å²) in [5.41, 5.74) is 0.996. The molecule has 0 aliphatic carbocycles. The highest BCUT2D eigenvalue weighted by molar-refractivity contribution is 5.86. The van der Waals surface area contributed by atoms with Crippen LogP contribution in [0, 0.1) is 5.92 Å². The summed E-state index contributed by atoms with van der Waals surface area (Å²) in [6.07, 6.45) is 6.23. The van der Waals surface area contributed by atoms with Gasteiger partial charge in [-0.15, -0.1) is 0 Å². The van der Waals surface area contributed by atoms with Crippen LogP contribution in [0.25, 0.3) is 0 Å². The van der Waals surface area contributed by atoms with Crippen LogP contribution in [0.5, 0.6) is 0 Å². The van der Waals surface area contributed by atoms with E-state index in [-0.39, 0.29) is 12.5 Å². The third kappa shape index (κ3) is 8.25. The molecule has 0 unspecified atom stereocenters. The van der Waals surface area contributed by atoms with E-state index in [1.165, 1.54) is 25.9 Å². The third-order valence-electron chi connectivity index (χ3n) is 5.31. The minimum absolute atomic E-state index is 0.0429. The van der Waals surface area contributed by atoms with E-state index in [1.54, 1.807) is 18.1 Å². The zero-order valence-corrected chi connectivity index (χ0v) is 17.7. The minimum atomic E-state index is 0.0429. The molecule has 1 fully saturated rings. The van der Waals surface area contributed by atoms with Crippen molar-refractivity contribution in [1.82, 2.24) is 25.4 Å². The van der Waals surface area contributed by atoms with Crippen LogP contribution in [0.1, 0.15) is 31.9 Å². The first-order valence-electron chi connectivity index (χ1n) is 10.4. The van der Waals surface area contributed by atoms with Crippen molar-refractivity contribution in [3.63, 3.8) is 0 Å². The second-order valence-electron chi connectivity index (χ2n) is 7.62. The standard InChI is InChI=1S/C21H36N6O/c1-18-8-15-27(16-9-18)13-6-12-24-21(22-2)25-17-20(28)26(3)14-10-19-7-4-5-11-23-19/h4-5,7,11,18H,6,8-10,12-17H2,1-3H3,(H2,22,24,25). The molecule has 2 N–H and O–H groups in total. The summed E-state index contributed by atoms with van der Waals surface area (Å²) in [5, 5.41) is 6.41. The van der Waals surface area contributed by atoms with Crippen molar-refractivity contribution >= 4 is 11.9 Å². The van der Waals surface area contributed by atoms with Gasteiger partial charge in [0.05, 0.1) is 6.54 Å². The van der Waals surface area contributed by atoms with Gasteiger partial charge in [-0.3, -0.25) is 14.8 Å². The Labute approximate surface area is 169 Å². The Balaban J connectivity index is 1.58. The zero-order valence-electron chi connectivity index (χ0n) is 17.7. The van der Waals surface area contributed by atoms with Gasteiger partial charge in [0.2, 0.25) is 5.91 Å². The van der Waals surface area contributed by atoms with Crippen LogP contribution in [0.2, 0.25) is 0 Å². The van der Waals surface area contributed by atoms with Crippen LogP contribution >= 0.6 is 0 Å². The molecule has 0 radical (unpaired) electrons. The number of carbonyl (C=O) groups is 1. The van der Waals surface area contributed by atoms with Crippen LogP contribution in [-0.4, -0.2) is 80.0 Å². The maximum absolute atomic E-state index is 12.3.